The minimum atomic E-state index is -3.30. The summed E-state index contributed by atoms with van der Waals surface area (Å²) in [6.07, 6.45) is 2.29. The van der Waals surface area contributed by atoms with Gasteiger partial charge in [0, 0.05) is 11.4 Å². The molecule has 0 aromatic heterocycles. The predicted octanol–water partition coefficient (Wildman–Crippen LogP) is 2.21. The topological polar surface area (TPSA) is 89.3 Å². The summed E-state index contributed by atoms with van der Waals surface area (Å²) in [6, 6.07) is 6.87. The maximum Gasteiger partial charge on any atom is 0.233 e. The van der Waals surface area contributed by atoms with Crippen molar-refractivity contribution in [2.75, 3.05) is 18.8 Å². The maximum atomic E-state index is 12.3. The van der Waals surface area contributed by atoms with Crippen LogP contribution in [0.15, 0.2) is 34.1 Å². The Morgan fingerprint density at radius 3 is 2.65 bits per heavy atom. The Balaban J connectivity index is 2.75. The zero-order valence-electron chi connectivity index (χ0n) is 13.7. The summed E-state index contributed by atoms with van der Waals surface area (Å²) in [6.45, 7) is 4.83. The molecule has 0 radical (unpaired) electrons. The van der Waals surface area contributed by atoms with E-state index in [1.807, 2.05) is 6.92 Å². The minimum absolute atomic E-state index is 0.0882. The molecule has 7 heteroatoms. The quantitative estimate of drug-likeness (QED) is 0.494. The Kier molecular flexibility index (Phi) is 8.65. The van der Waals surface area contributed by atoms with Gasteiger partial charge in [-0.1, -0.05) is 19.1 Å². The molecule has 0 saturated carbocycles. The second kappa shape index (κ2) is 9.95. The van der Waals surface area contributed by atoms with Crippen LogP contribution in [0.1, 0.15) is 33.1 Å². The first-order valence-corrected chi connectivity index (χ1v) is 10.4. The Bertz CT molecular complexity index is 603. The van der Waals surface area contributed by atoms with E-state index in [0.717, 1.165) is 12.8 Å². The normalized spacial score (nSPS) is 12.8. The Morgan fingerprint density at radius 2 is 2.00 bits per heavy atom. The molecule has 1 unspecified atom stereocenters. The molecule has 3 N–H and O–H groups in total. The average Bonchev–Trinajstić information content (AvgIpc) is 2.51. The molecule has 0 bridgehead atoms. The first-order valence-electron chi connectivity index (χ1n) is 7.88. The van der Waals surface area contributed by atoms with Crippen LogP contribution in [0.2, 0.25) is 0 Å². The molecule has 23 heavy (non-hydrogen) atoms. The van der Waals surface area contributed by atoms with Gasteiger partial charge in [-0.3, -0.25) is 4.79 Å². The summed E-state index contributed by atoms with van der Waals surface area (Å²) < 4.78 is 24.6. The summed E-state index contributed by atoms with van der Waals surface area (Å²) in [5.74, 6) is 0.0271. The van der Waals surface area contributed by atoms with Crippen molar-refractivity contribution in [2.24, 2.45) is 5.73 Å². The Hall–Kier alpha value is -1.05. The summed E-state index contributed by atoms with van der Waals surface area (Å²) in [7, 11) is -3.30. The number of nitrogens with one attached hydrogen (secondary N) is 1. The largest absolute Gasteiger partial charge is 0.355 e. The van der Waals surface area contributed by atoms with E-state index in [1.165, 1.54) is 11.8 Å². The molecule has 0 spiro atoms. The van der Waals surface area contributed by atoms with Crippen LogP contribution in [0.4, 0.5) is 0 Å². The van der Waals surface area contributed by atoms with E-state index in [9.17, 15) is 13.2 Å². The van der Waals surface area contributed by atoms with Crippen molar-refractivity contribution >= 4 is 27.5 Å². The summed E-state index contributed by atoms with van der Waals surface area (Å²) >= 11 is 1.28. The highest BCUT2D eigenvalue weighted by atomic mass is 32.2. The smallest absolute Gasteiger partial charge is 0.233 e. The Morgan fingerprint density at radius 1 is 1.30 bits per heavy atom. The number of hydrogen-bond donors (Lipinski definition) is 2. The standard InChI is InChI=1S/C16H26N2O3S2/c1-3-12-23(20,21)15-9-5-4-8-14(15)22-13(2)16(19)18-11-7-6-10-17/h4-5,8-9,13H,3,6-7,10-12,17H2,1-2H3,(H,18,19). The molecule has 5 nitrogen and oxygen atoms in total. The average molecular weight is 359 g/mol. The highest BCUT2D eigenvalue weighted by molar-refractivity contribution is 8.01. The molecule has 0 aliphatic carbocycles. The van der Waals surface area contributed by atoms with Gasteiger partial charge in [-0.25, -0.2) is 8.42 Å². The number of thioether (sulfide) groups is 1. The van der Waals surface area contributed by atoms with E-state index in [1.54, 1.807) is 31.2 Å². The summed E-state index contributed by atoms with van der Waals surface area (Å²) in [5.41, 5.74) is 5.42. The van der Waals surface area contributed by atoms with Crippen molar-refractivity contribution in [1.82, 2.24) is 5.32 Å². The molecule has 0 aliphatic heterocycles. The molecule has 0 fully saturated rings. The predicted molar refractivity (Wildman–Crippen MR) is 95.4 cm³/mol. The van der Waals surface area contributed by atoms with E-state index < -0.39 is 9.84 Å². The lowest BCUT2D eigenvalue weighted by atomic mass is 10.3. The number of unbranched alkanes of at least 4 members (excludes halogenated alkanes) is 1. The van der Waals surface area contributed by atoms with Gasteiger partial charge in [-0.05, 0) is 44.9 Å². The van der Waals surface area contributed by atoms with Crippen LogP contribution < -0.4 is 11.1 Å². The van der Waals surface area contributed by atoms with Gasteiger partial charge in [0.25, 0.3) is 0 Å². The van der Waals surface area contributed by atoms with Gasteiger partial charge in [0.05, 0.1) is 15.9 Å². The number of hydrogen-bond acceptors (Lipinski definition) is 5. The van der Waals surface area contributed by atoms with Gasteiger partial charge in [-0.15, -0.1) is 11.8 Å². The second-order valence-corrected chi connectivity index (χ2v) is 8.77. The van der Waals surface area contributed by atoms with Crippen molar-refractivity contribution in [3.63, 3.8) is 0 Å². The van der Waals surface area contributed by atoms with E-state index >= 15 is 0 Å². The lowest BCUT2D eigenvalue weighted by molar-refractivity contribution is -0.120. The van der Waals surface area contributed by atoms with Gasteiger partial charge in [0.2, 0.25) is 5.91 Å². The summed E-state index contributed by atoms with van der Waals surface area (Å²) in [4.78, 5) is 13.0. The second-order valence-electron chi connectivity index (χ2n) is 5.31. The number of nitrogens with two attached hydrogens (primary N) is 1. The van der Waals surface area contributed by atoms with Crippen molar-refractivity contribution in [1.29, 1.82) is 0 Å². The van der Waals surface area contributed by atoms with Crippen LogP contribution in [0.5, 0.6) is 0 Å². The molecule has 130 valence electrons. The van der Waals surface area contributed by atoms with E-state index in [2.05, 4.69) is 5.32 Å². The van der Waals surface area contributed by atoms with Gasteiger partial charge >= 0.3 is 0 Å². The zero-order chi connectivity index (χ0) is 17.3. The maximum absolute atomic E-state index is 12.3. The monoisotopic (exact) mass is 358 g/mol. The molecule has 1 atom stereocenters. The van der Waals surface area contributed by atoms with Crippen LogP contribution >= 0.6 is 11.8 Å². The highest BCUT2D eigenvalue weighted by Crippen LogP contribution is 2.30. The van der Waals surface area contributed by atoms with Crippen molar-refractivity contribution in [2.45, 2.75) is 48.2 Å². The van der Waals surface area contributed by atoms with E-state index in [4.69, 9.17) is 5.73 Å². The number of amides is 1. The van der Waals surface area contributed by atoms with Crippen molar-refractivity contribution < 1.29 is 13.2 Å². The molecular formula is C16H26N2O3S2. The highest BCUT2D eigenvalue weighted by Gasteiger charge is 2.21. The fraction of sp³-hybridized carbons (Fsp3) is 0.562. The van der Waals surface area contributed by atoms with Crippen molar-refractivity contribution in [3.05, 3.63) is 24.3 Å². The summed E-state index contributed by atoms with van der Waals surface area (Å²) in [5, 5.41) is 2.50. The van der Waals surface area contributed by atoms with Crippen molar-refractivity contribution in [3.8, 4) is 0 Å². The first-order chi connectivity index (χ1) is 10.9. The van der Waals surface area contributed by atoms with Gasteiger partial charge in [0.1, 0.15) is 0 Å². The molecule has 0 heterocycles. The molecule has 0 aliphatic rings. The lowest BCUT2D eigenvalue weighted by Crippen LogP contribution is -2.32. The molecule has 0 saturated heterocycles. The zero-order valence-corrected chi connectivity index (χ0v) is 15.4. The van der Waals surface area contributed by atoms with Crippen LogP contribution in [0.3, 0.4) is 0 Å². The lowest BCUT2D eigenvalue weighted by Gasteiger charge is -2.14. The van der Waals surface area contributed by atoms with Crippen LogP contribution in [0.25, 0.3) is 0 Å². The molecule has 1 amide bonds. The number of carbonyl (C=O) groups is 1. The number of benzene rings is 1. The minimum Gasteiger partial charge on any atom is -0.355 e. The molecule has 1 aromatic carbocycles. The van der Waals surface area contributed by atoms with Gasteiger partial charge in [-0.2, -0.15) is 0 Å². The van der Waals surface area contributed by atoms with E-state index in [0.29, 0.717) is 29.3 Å². The third kappa shape index (κ3) is 6.53. The fourth-order valence-corrected chi connectivity index (χ4v) is 4.91. The number of carbonyl (C=O) groups excluding carboxylic acids is 1. The Labute approximate surface area is 143 Å². The molecule has 1 aromatic rings. The SMILES string of the molecule is CCCS(=O)(=O)c1ccccc1SC(C)C(=O)NCCCCN. The fourth-order valence-electron chi connectivity index (χ4n) is 2.05. The molecular weight excluding hydrogens is 332 g/mol. The van der Waals surface area contributed by atoms with Gasteiger partial charge in [0.15, 0.2) is 9.84 Å². The third-order valence-corrected chi connectivity index (χ3v) is 6.54. The van der Waals surface area contributed by atoms with E-state index in [-0.39, 0.29) is 16.9 Å². The number of rotatable bonds is 10. The van der Waals surface area contributed by atoms with Crippen LogP contribution in [0, 0.1) is 0 Å². The molecule has 1 rings (SSSR count). The van der Waals surface area contributed by atoms with Crippen LogP contribution in [-0.2, 0) is 14.6 Å². The first kappa shape index (κ1) is 20.0. The third-order valence-electron chi connectivity index (χ3n) is 3.26. The van der Waals surface area contributed by atoms with Crippen LogP contribution in [-0.4, -0.2) is 38.4 Å². The van der Waals surface area contributed by atoms with Gasteiger partial charge < -0.3 is 11.1 Å². The number of sulfone groups is 1.